The number of aryl methyl sites for hydroxylation is 2. The lowest BCUT2D eigenvalue weighted by molar-refractivity contribution is -0.120. The van der Waals surface area contributed by atoms with Crippen molar-refractivity contribution in [1.82, 2.24) is 14.8 Å². The van der Waals surface area contributed by atoms with Crippen molar-refractivity contribution in [1.29, 1.82) is 0 Å². The molecule has 1 fully saturated rings. The molecule has 0 radical (unpaired) electrons. The molecule has 6 nitrogen and oxygen atoms in total. The number of carbonyl (C=O) groups excluding carboxylic acids is 1. The van der Waals surface area contributed by atoms with E-state index in [1.165, 1.54) is 5.56 Å². The smallest absolute Gasteiger partial charge is 0.229 e. The molecule has 146 valence electrons. The average molecular weight is 396 g/mol. The molecule has 3 heterocycles. The van der Waals surface area contributed by atoms with Crippen LogP contribution < -0.4 is 10.2 Å². The van der Waals surface area contributed by atoms with E-state index < -0.39 is 0 Å². The number of benzene rings is 1. The minimum absolute atomic E-state index is 0.0445. The third kappa shape index (κ3) is 3.80. The molecule has 3 aromatic rings. The monoisotopic (exact) mass is 395 g/mol. The summed E-state index contributed by atoms with van der Waals surface area (Å²) in [6.45, 7) is 5.75. The van der Waals surface area contributed by atoms with Gasteiger partial charge in [-0.3, -0.25) is 9.36 Å². The highest BCUT2D eigenvalue weighted by Crippen LogP contribution is 2.29. The lowest BCUT2D eigenvalue weighted by Gasteiger charge is -2.31. The van der Waals surface area contributed by atoms with Crippen LogP contribution in [0.1, 0.15) is 30.9 Å². The van der Waals surface area contributed by atoms with Crippen molar-refractivity contribution >= 4 is 28.1 Å². The molecule has 1 saturated heterocycles. The van der Waals surface area contributed by atoms with Crippen LogP contribution in [0.15, 0.2) is 42.7 Å². The summed E-state index contributed by atoms with van der Waals surface area (Å²) in [5.41, 5.74) is 3.26. The maximum Gasteiger partial charge on any atom is 0.229 e. The second-order valence-corrected chi connectivity index (χ2v) is 8.13. The fourth-order valence-corrected chi connectivity index (χ4v) is 4.54. The number of hydrogen-bond acceptors (Lipinski definition) is 5. The molecule has 1 N–H and O–H groups in total. The van der Waals surface area contributed by atoms with Crippen molar-refractivity contribution in [3.05, 3.63) is 53.9 Å². The Kier molecular flexibility index (Phi) is 5.43. The highest BCUT2D eigenvalue weighted by Gasteiger charge is 2.28. The fourth-order valence-electron chi connectivity index (χ4n) is 3.69. The first kappa shape index (κ1) is 18.7. The molecule has 0 spiro atoms. The largest absolute Gasteiger partial charge is 0.346 e. The lowest BCUT2D eigenvalue weighted by atomic mass is 9.96. The maximum atomic E-state index is 13.0. The summed E-state index contributed by atoms with van der Waals surface area (Å²) in [5.74, 6) is 0.0563. The van der Waals surface area contributed by atoms with Crippen molar-refractivity contribution < 1.29 is 4.79 Å². The molecular weight excluding hydrogens is 370 g/mol. The van der Waals surface area contributed by atoms with Crippen LogP contribution in [0, 0.1) is 12.8 Å². The molecule has 28 heavy (non-hydrogen) atoms. The third-order valence-corrected chi connectivity index (χ3v) is 6.28. The van der Waals surface area contributed by atoms with E-state index in [0.29, 0.717) is 6.54 Å². The Balaban J connectivity index is 1.46. The SMILES string of the molecule is CCc1cccc(C)c1NC(=O)C1CCCN(c2nnc(-n3cccc3)s2)C1. The number of aromatic nitrogens is 3. The van der Waals surface area contributed by atoms with Crippen LogP contribution in [0.2, 0.25) is 0 Å². The van der Waals surface area contributed by atoms with Crippen molar-refractivity contribution in [3.8, 4) is 5.13 Å². The number of para-hydroxylation sites is 1. The van der Waals surface area contributed by atoms with Gasteiger partial charge in [-0.2, -0.15) is 0 Å². The zero-order valence-electron chi connectivity index (χ0n) is 16.3. The first-order chi connectivity index (χ1) is 13.7. The van der Waals surface area contributed by atoms with E-state index in [1.54, 1.807) is 11.3 Å². The van der Waals surface area contributed by atoms with E-state index in [4.69, 9.17) is 0 Å². The second kappa shape index (κ2) is 8.14. The van der Waals surface area contributed by atoms with E-state index >= 15 is 0 Å². The van der Waals surface area contributed by atoms with E-state index in [1.807, 2.05) is 48.1 Å². The quantitative estimate of drug-likeness (QED) is 0.708. The van der Waals surface area contributed by atoms with Gasteiger partial charge in [0.2, 0.25) is 16.2 Å². The van der Waals surface area contributed by atoms with Gasteiger partial charge in [-0.05, 0) is 49.4 Å². The van der Waals surface area contributed by atoms with Crippen molar-refractivity contribution in [3.63, 3.8) is 0 Å². The summed E-state index contributed by atoms with van der Waals surface area (Å²) in [4.78, 5) is 15.2. The summed E-state index contributed by atoms with van der Waals surface area (Å²) < 4.78 is 1.96. The zero-order chi connectivity index (χ0) is 19.5. The van der Waals surface area contributed by atoms with Gasteiger partial charge in [0.15, 0.2) is 0 Å². The summed E-state index contributed by atoms with van der Waals surface area (Å²) >= 11 is 1.56. The molecule has 1 atom stereocenters. The molecular formula is C21H25N5OS. The predicted molar refractivity (Wildman–Crippen MR) is 113 cm³/mol. The molecule has 1 aliphatic rings. The van der Waals surface area contributed by atoms with Crippen molar-refractivity contribution in [2.75, 3.05) is 23.3 Å². The molecule has 0 bridgehead atoms. The topological polar surface area (TPSA) is 63.1 Å². The molecule has 0 aliphatic carbocycles. The Bertz CT molecular complexity index is 950. The maximum absolute atomic E-state index is 13.0. The number of rotatable bonds is 5. The van der Waals surface area contributed by atoms with Crippen LogP contribution in [0.3, 0.4) is 0 Å². The Labute approximate surface area is 169 Å². The van der Waals surface area contributed by atoms with Crippen LogP contribution in [-0.4, -0.2) is 33.8 Å². The van der Waals surface area contributed by atoms with E-state index in [-0.39, 0.29) is 11.8 Å². The molecule has 1 aliphatic heterocycles. The molecule has 1 amide bonds. The average Bonchev–Trinajstić information content (AvgIpc) is 3.41. The van der Waals surface area contributed by atoms with Crippen LogP contribution >= 0.6 is 11.3 Å². The van der Waals surface area contributed by atoms with E-state index in [9.17, 15) is 4.79 Å². The molecule has 0 saturated carbocycles. The first-order valence-corrected chi connectivity index (χ1v) is 10.6. The fraction of sp³-hybridized carbons (Fsp3) is 0.381. The van der Waals surface area contributed by atoms with Gasteiger partial charge in [0.1, 0.15) is 0 Å². The molecule has 1 unspecified atom stereocenters. The summed E-state index contributed by atoms with van der Waals surface area (Å²) in [6.07, 6.45) is 6.71. The van der Waals surface area contributed by atoms with Gasteiger partial charge in [0, 0.05) is 31.2 Å². The van der Waals surface area contributed by atoms with Gasteiger partial charge in [0.05, 0.1) is 5.92 Å². The summed E-state index contributed by atoms with van der Waals surface area (Å²) in [6, 6.07) is 10.1. The second-order valence-electron chi connectivity index (χ2n) is 7.19. The third-order valence-electron chi connectivity index (χ3n) is 5.28. The molecule has 7 heteroatoms. The van der Waals surface area contributed by atoms with Gasteiger partial charge >= 0.3 is 0 Å². The Morgan fingerprint density at radius 3 is 2.79 bits per heavy atom. The van der Waals surface area contributed by atoms with E-state index in [2.05, 4.69) is 33.4 Å². The lowest BCUT2D eigenvalue weighted by Crippen LogP contribution is -2.41. The molecule has 4 rings (SSSR count). The zero-order valence-corrected chi connectivity index (χ0v) is 17.1. The van der Waals surface area contributed by atoms with Gasteiger partial charge in [0.25, 0.3) is 0 Å². The Morgan fingerprint density at radius 1 is 1.21 bits per heavy atom. The number of nitrogens with zero attached hydrogens (tertiary/aromatic N) is 4. The highest BCUT2D eigenvalue weighted by atomic mass is 32.1. The van der Waals surface area contributed by atoms with Crippen LogP contribution in [0.25, 0.3) is 5.13 Å². The number of anilines is 2. The number of hydrogen-bond donors (Lipinski definition) is 1. The molecule has 2 aromatic heterocycles. The van der Waals surface area contributed by atoms with Crippen molar-refractivity contribution in [2.24, 2.45) is 5.92 Å². The van der Waals surface area contributed by atoms with Gasteiger partial charge in [-0.15, -0.1) is 10.2 Å². The molecule has 1 aromatic carbocycles. The number of amides is 1. The number of nitrogens with one attached hydrogen (secondary N) is 1. The van der Waals surface area contributed by atoms with Crippen LogP contribution in [0.5, 0.6) is 0 Å². The van der Waals surface area contributed by atoms with Crippen LogP contribution in [0.4, 0.5) is 10.8 Å². The summed E-state index contributed by atoms with van der Waals surface area (Å²) in [7, 11) is 0. The van der Waals surface area contributed by atoms with E-state index in [0.717, 1.165) is 47.3 Å². The number of piperidine rings is 1. The van der Waals surface area contributed by atoms with Gasteiger partial charge in [-0.25, -0.2) is 0 Å². The van der Waals surface area contributed by atoms with Gasteiger partial charge in [-0.1, -0.05) is 36.5 Å². The minimum atomic E-state index is -0.0445. The predicted octanol–water partition coefficient (Wildman–Crippen LogP) is 4.05. The highest BCUT2D eigenvalue weighted by molar-refractivity contribution is 7.17. The minimum Gasteiger partial charge on any atom is -0.346 e. The Hall–Kier alpha value is -2.67. The number of carbonyl (C=O) groups is 1. The first-order valence-electron chi connectivity index (χ1n) is 9.77. The summed E-state index contributed by atoms with van der Waals surface area (Å²) in [5, 5.41) is 13.6. The van der Waals surface area contributed by atoms with Gasteiger partial charge < -0.3 is 10.2 Å². The Morgan fingerprint density at radius 2 is 2.00 bits per heavy atom. The normalized spacial score (nSPS) is 16.9. The standard InChI is InChI=1S/C21H25N5OS/c1-3-16-9-6-8-15(2)18(16)22-19(27)17-10-7-13-26(14-17)21-24-23-20(28-21)25-11-4-5-12-25/h4-6,8-9,11-12,17H,3,7,10,13-14H2,1-2H3,(H,22,27). The van der Waals surface area contributed by atoms with Crippen LogP contribution in [-0.2, 0) is 11.2 Å². The van der Waals surface area contributed by atoms with Crippen molar-refractivity contribution in [2.45, 2.75) is 33.1 Å².